The Hall–Kier alpha value is -6.27. The van der Waals surface area contributed by atoms with Gasteiger partial charge in [-0.15, -0.1) is 6.58 Å². The fourth-order valence-electron chi connectivity index (χ4n) is 8.63. The third kappa shape index (κ3) is 6.02. The number of phenols is 1. The molecule has 7 unspecified atom stereocenters. The number of hydrogen-bond donors (Lipinski definition) is 3. The lowest BCUT2D eigenvalue weighted by Crippen LogP contribution is -2.57. The fourth-order valence-corrected chi connectivity index (χ4v) is 8.63. The largest absolute Gasteiger partial charge is 0.508 e. The maximum absolute atomic E-state index is 15.8. The molecular formula is C43H42N4O8. The van der Waals surface area contributed by atoms with Gasteiger partial charge in [0.05, 0.1) is 30.8 Å². The molecule has 3 aliphatic heterocycles. The zero-order valence-electron chi connectivity index (χ0n) is 30.6. The number of rotatable bonds is 9. The van der Waals surface area contributed by atoms with E-state index in [0.29, 0.717) is 16.7 Å². The third-order valence-corrected chi connectivity index (χ3v) is 10.9. The molecule has 12 heteroatoms. The average molecular weight is 743 g/mol. The Bertz CT molecular complexity index is 2130. The van der Waals surface area contributed by atoms with Crippen molar-refractivity contribution in [1.29, 1.82) is 0 Å². The number of anilines is 1. The lowest BCUT2D eigenvalue weighted by atomic mass is 9.65. The van der Waals surface area contributed by atoms with Gasteiger partial charge >= 0.3 is 18.0 Å². The van der Waals surface area contributed by atoms with E-state index in [9.17, 15) is 24.3 Å². The van der Waals surface area contributed by atoms with Gasteiger partial charge in [0, 0.05) is 6.54 Å². The molecule has 2 fully saturated rings. The van der Waals surface area contributed by atoms with E-state index in [1.165, 1.54) is 25.3 Å². The lowest BCUT2D eigenvalue weighted by Gasteiger charge is -2.46. The average Bonchev–Trinajstić information content (AvgIpc) is 3.66. The fraction of sp³-hybridized carbons (Fsp3) is 0.279. The molecule has 0 radical (unpaired) electrons. The first-order valence-electron chi connectivity index (χ1n) is 18.1. The Morgan fingerprint density at radius 3 is 2.11 bits per heavy atom. The van der Waals surface area contributed by atoms with Gasteiger partial charge in [0.15, 0.2) is 0 Å². The van der Waals surface area contributed by atoms with Gasteiger partial charge in [-0.25, -0.2) is 14.5 Å². The van der Waals surface area contributed by atoms with Crippen LogP contribution in [0.15, 0.2) is 122 Å². The number of imide groups is 1. The van der Waals surface area contributed by atoms with Crippen molar-refractivity contribution in [2.24, 2.45) is 11.8 Å². The van der Waals surface area contributed by atoms with Crippen molar-refractivity contribution < 1.29 is 38.6 Å². The van der Waals surface area contributed by atoms with Gasteiger partial charge in [-0.3, -0.25) is 19.3 Å². The molecule has 4 aromatic rings. The number of benzene rings is 4. The van der Waals surface area contributed by atoms with Gasteiger partial charge in [0.25, 0.3) is 0 Å². The molecule has 55 heavy (non-hydrogen) atoms. The van der Waals surface area contributed by atoms with Crippen LogP contribution in [0.25, 0.3) is 0 Å². The number of fused-ring (bicyclic) bond motifs is 3. The standard InChI is InChI=1S/C43H42N4O8/c1-5-24-44-38(49)32-35-40(51)55-36(27-16-10-7-11-17-27)34(26-14-8-6-9-15-26)47(35)37(28-20-22-29(48)23-21-28)43(32)30-18-12-13-19-31(30)46(41(43)52)42(53)45-33(25(2)3)39(50)54-4/h5-23,25,32-37,48H,1,24H2,2-4H3,(H,44,49)(H,45,53). The summed E-state index contributed by atoms with van der Waals surface area (Å²) in [6.07, 6.45) is 0.617. The van der Waals surface area contributed by atoms with Crippen LogP contribution >= 0.6 is 0 Å². The molecule has 4 amide bonds. The summed E-state index contributed by atoms with van der Waals surface area (Å²) in [6.45, 7) is 7.25. The van der Waals surface area contributed by atoms with E-state index >= 15 is 4.79 Å². The molecule has 4 aromatic carbocycles. The van der Waals surface area contributed by atoms with Gasteiger partial charge in [0.1, 0.15) is 29.4 Å². The topological polar surface area (TPSA) is 155 Å². The zero-order chi connectivity index (χ0) is 39.0. The minimum atomic E-state index is -1.93. The summed E-state index contributed by atoms with van der Waals surface area (Å²) >= 11 is 0. The summed E-state index contributed by atoms with van der Waals surface area (Å²) in [4.78, 5) is 75.6. The monoisotopic (exact) mass is 742 g/mol. The predicted octanol–water partition coefficient (Wildman–Crippen LogP) is 5.27. The van der Waals surface area contributed by atoms with Crippen LogP contribution in [0.2, 0.25) is 0 Å². The van der Waals surface area contributed by atoms with Gasteiger partial charge in [-0.1, -0.05) is 111 Å². The lowest BCUT2D eigenvalue weighted by molar-refractivity contribution is -0.178. The molecular weight excluding hydrogens is 700 g/mol. The van der Waals surface area contributed by atoms with E-state index in [1.54, 1.807) is 50.2 Å². The van der Waals surface area contributed by atoms with Crippen LogP contribution in [0.3, 0.4) is 0 Å². The van der Waals surface area contributed by atoms with Crippen molar-refractivity contribution in [3.8, 4) is 5.75 Å². The van der Waals surface area contributed by atoms with E-state index in [4.69, 9.17) is 9.47 Å². The van der Waals surface area contributed by atoms with Crippen LogP contribution in [-0.2, 0) is 34.1 Å². The molecule has 7 rings (SSSR count). The summed E-state index contributed by atoms with van der Waals surface area (Å²) in [6, 6.07) is 26.5. The molecule has 3 N–H and O–H groups in total. The minimum Gasteiger partial charge on any atom is -0.508 e. The van der Waals surface area contributed by atoms with Crippen molar-refractivity contribution in [3.05, 3.63) is 144 Å². The van der Waals surface area contributed by atoms with Gasteiger partial charge in [-0.05, 0) is 46.4 Å². The summed E-state index contributed by atoms with van der Waals surface area (Å²) < 4.78 is 11.4. The number of nitrogens with zero attached hydrogens (tertiary/aromatic N) is 2. The number of ether oxygens (including phenoxy) is 2. The molecule has 3 heterocycles. The second-order valence-corrected chi connectivity index (χ2v) is 14.2. The van der Waals surface area contributed by atoms with E-state index in [-0.39, 0.29) is 18.0 Å². The summed E-state index contributed by atoms with van der Waals surface area (Å²) in [5.41, 5.74) is 0.540. The smallest absolute Gasteiger partial charge is 0.329 e. The minimum absolute atomic E-state index is 0.0288. The number of nitrogens with one attached hydrogen (secondary N) is 2. The van der Waals surface area contributed by atoms with Crippen LogP contribution in [0.5, 0.6) is 5.75 Å². The van der Waals surface area contributed by atoms with Crippen LogP contribution in [0.4, 0.5) is 10.5 Å². The number of amides is 4. The second kappa shape index (κ2) is 14.9. The molecule has 0 aromatic heterocycles. The number of carbonyl (C=O) groups excluding carboxylic acids is 5. The molecule has 0 aliphatic carbocycles. The summed E-state index contributed by atoms with van der Waals surface area (Å²) in [7, 11) is 1.21. The van der Waals surface area contributed by atoms with Gasteiger partial charge in [0.2, 0.25) is 11.8 Å². The highest BCUT2D eigenvalue weighted by atomic mass is 16.6. The molecule has 2 saturated heterocycles. The number of carbonyl (C=O) groups is 5. The Labute approximate surface area is 318 Å². The van der Waals surface area contributed by atoms with Crippen LogP contribution in [0.1, 0.15) is 54.3 Å². The Balaban J connectivity index is 1.53. The van der Waals surface area contributed by atoms with Crippen LogP contribution in [0, 0.1) is 11.8 Å². The number of phenolic OH excluding ortho intramolecular Hbond substituents is 1. The van der Waals surface area contributed by atoms with E-state index in [2.05, 4.69) is 17.2 Å². The van der Waals surface area contributed by atoms with Gasteiger partial charge < -0.3 is 25.2 Å². The highest BCUT2D eigenvalue weighted by molar-refractivity contribution is 6.25. The first kappa shape index (κ1) is 37.1. The number of para-hydroxylation sites is 1. The van der Waals surface area contributed by atoms with E-state index in [0.717, 1.165) is 10.5 Å². The van der Waals surface area contributed by atoms with E-state index in [1.807, 2.05) is 65.6 Å². The Morgan fingerprint density at radius 2 is 1.49 bits per heavy atom. The third-order valence-electron chi connectivity index (χ3n) is 10.9. The van der Waals surface area contributed by atoms with Crippen LogP contribution in [-0.4, -0.2) is 65.5 Å². The summed E-state index contributed by atoms with van der Waals surface area (Å²) in [5, 5.41) is 16.0. The second-order valence-electron chi connectivity index (χ2n) is 14.2. The number of cyclic esters (lactones) is 1. The highest BCUT2D eigenvalue weighted by Crippen LogP contribution is 2.65. The van der Waals surface area contributed by atoms with Crippen molar-refractivity contribution in [2.75, 3.05) is 18.6 Å². The molecule has 0 bridgehead atoms. The SMILES string of the molecule is C=CCNC(=O)C1C2C(=O)OC(c3ccccc3)C(c3ccccc3)N2C(c2ccc(O)cc2)C12C(=O)N(C(=O)NC(C(=O)OC)C(C)C)c1ccccc12. The quantitative estimate of drug-likeness (QED) is 0.154. The number of hydrogen-bond acceptors (Lipinski definition) is 9. The first-order valence-corrected chi connectivity index (χ1v) is 18.1. The predicted molar refractivity (Wildman–Crippen MR) is 202 cm³/mol. The summed E-state index contributed by atoms with van der Waals surface area (Å²) in [5.74, 6) is -4.71. The molecule has 7 atom stereocenters. The van der Waals surface area contributed by atoms with Crippen molar-refractivity contribution in [1.82, 2.24) is 15.5 Å². The maximum atomic E-state index is 15.8. The normalized spacial score (nSPS) is 24.8. The molecule has 282 valence electrons. The molecule has 12 nitrogen and oxygen atoms in total. The molecule has 3 aliphatic rings. The first-order chi connectivity index (χ1) is 26.6. The number of esters is 2. The van der Waals surface area contributed by atoms with Crippen molar-refractivity contribution in [3.63, 3.8) is 0 Å². The Morgan fingerprint density at radius 1 is 0.873 bits per heavy atom. The Kier molecular flexibility index (Phi) is 10.0. The zero-order valence-corrected chi connectivity index (χ0v) is 30.6. The number of urea groups is 1. The van der Waals surface area contributed by atoms with Gasteiger partial charge in [-0.2, -0.15) is 0 Å². The number of methoxy groups -OCH3 is 1. The van der Waals surface area contributed by atoms with Crippen LogP contribution < -0.4 is 15.5 Å². The molecule has 1 spiro atoms. The number of aromatic hydroxyl groups is 1. The maximum Gasteiger partial charge on any atom is 0.329 e. The van der Waals surface area contributed by atoms with E-state index < -0.39 is 77.3 Å². The molecule has 0 saturated carbocycles. The highest BCUT2D eigenvalue weighted by Gasteiger charge is 2.75. The number of morpholine rings is 1. The van der Waals surface area contributed by atoms with Crippen molar-refractivity contribution >= 4 is 35.5 Å². The van der Waals surface area contributed by atoms with Crippen molar-refractivity contribution in [2.45, 2.75) is 49.5 Å².